The summed E-state index contributed by atoms with van der Waals surface area (Å²) in [5.74, 6) is 0.929. The summed E-state index contributed by atoms with van der Waals surface area (Å²) in [4.78, 5) is 14.0. The highest BCUT2D eigenvalue weighted by Crippen LogP contribution is 2.34. The van der Waals surface area contributed by atoms with Crippen molar-refractivity contribution in [3.05, 3.63) is 36.5 Å². The predicted octanol–water partition coefficient (Wildman–Crippen LogP) is 1.18. The number of hydrogen-bond donors (Lipinski definition) is 2. The molecule has 7 nitrogen and oxygen atoms in total. The third kappa shape index (κ3) is 1.97. The van der Waals surface area contributed by atoms with Gasteiger partial charge < -0.3 is 15.0 Å². The van der Waals surface area contributed by atoms with Crippen LogP contribution in [0, 0.1) is 0 Å². The Bertz CT molecular complexity index is 799. The van der Waals surface area contributed by atoms with E-state index >= 15 is 0 Å². The molecular weight excluding hydrogens is 280 g/mol. The number of fused-ring (bicyclic) bond motifs is 1. The molecule has 0 spiro atoms. The van der Waals surface area contributed by atoms with Crippen LogP contribution in [0.25, 0.3) is 11.0 Å². The molecule has 22 heavy (non-hydrogen) atoms. The first kappa shape index (κ1) is 13.3. The van der Waals surface area contributed by atoms with Crippen molar-refractivity contribution >= 4 is 16.9 Å². The van der Waals surface area contributed by atoms with E-state index in [-0.39, 0.29) is 0 Å². The number of nitrogens with zero attached hydrogens (tertiary/aromatic N) is 5. The zero-order valence-electron chi connectivity index (χ0n) is 12.4. The molecule has 4 heterocycles. The fraction of sp³-hybridized carbons (Fsp3) is 0.400. The molecule has 7 heteroatoms. The molecule has 1 fully saturated rings. The molecule has 114 valence electrons. The van der Waals surface area contributed by atoms with E-state index in [1.54, 1.807) is 17.2 Å². The SMILES string of the molecule is Cn1nccc1C1(O)CCN(c2ncnc3[nH]ccc23)CC1. The predicted molar refractivity (Wildman–Crippen MR) is 82.4 cm³/mol. The second-order valence-corrected chi connectivity index (χ2v) is 5.80. The standard InChI is InChI=1S/C15H18N6O/c1-20-12(3-7-19-20)15(22)4-8-21(9-5-15)14-11-2-6-16-13(11)17-10-18-14/h2-3,6-7,10,22H,4-5,8-9H2,1H3,(H,16,17,18). The Labute approximate surface area is 127 Å². The van der Waals surface area contributed by atoms with Crippen molar-refractivity contribution in [1.82, 2.24) is 24.7 Å². The lowest BCUT2D eigenvalue weighted by atomic mass is 9.88. The first-order valence-corrected chi connectivity index (χ1v) is 7.41. The van der Waals surface area contributed by atoms with Crippen molar-refractivity contribution in [2.45, 2.75) is 18.4 Å². The van der Waals surface area contributed by atoms with E-state index in [1.807, 2.05) is 25.4 Å². The summed E-state index contributed by atoms with van der Waals surface area (Å²) in [6, 6.07) is 3.89. The van der Waals surface area contributed by atoms with Gasteiger partial charge in [0.2, 0.25) is 0 Å². The molecule has 0 amide bonds. The molecule has 0 unspecified atom stereocenters. The fourth-order valence-electron chi connectivity index (χ4n) is 3.29. The Balaban J connectivity index is 1.60. The molecule has 0 radical (unpaired) electrons. The average molecular weight is 298 g/mol. The minimum atomic E-state index is -0.813. The molecule has 3 aromatic rings. The van der Waals surface area contributed by atoms with E-state index in [0.717, 1.165) is 35.6 Å². The van der Waals surface area contributed by atoms with Gasteiger partial charge in [-0.2, -0.15) is 5.10 Å². The van der Waals surface area contributed by atoms with Gasteiger partial charge in [-0.25, -0.2) is 9.97 Å². The molecule has 2 N–H and O–H groups in total. The molecule has 3 aromatic heterocycles. The summed E-state index contributed by atoms with van der Waals surface area (Å²) in [5, 5.41) is 16.1. The number of piperidine rings is 1. The third-order valence-electron chi connectivity index (χ3n) is 4.52. The van der Waals surface area contributed by atoms with Crippen LogP contribution in [0.1, 0.15) is 18.5 Å². The highest BCUT2D eigenvalue weighted by atomic mass is 16.3. The molecule has 1 aliphatic heterocycles. The number of H-pyrrole nitrogens is 1. The third-order valence-corrected chi connectivity index (χ3v) is 4.52. The Morgan fingerprint density at radius 3 is 2.77 bits per heavy atom. The van der Waals surface area contributed by atoms with Crippen molar-refractivity contribution in [3.8, 4) is 0 Å². The fourth-order valence-corrected chi connectivity index (χ4v) is 3.29. The number of rotatable bonds is 2. The minimum Gasteiger partial charge on any atom is -0.383 e. The van der Waals surface area contributed by atoms with Crippen LogP contribution in [0.15, 0.2) is 30.9 Å². The van der Waals surface area contributed by atoms with Crippen LogP contribution in [0.2, 0.25) is 0 Å². The number of nitrogens with one attached hydrogen (secondary N) is 1. The second kappa shape index (κ2) is 4.81. The first-order chi connectivity index (χ1) is 10.7. The van der Waals surface area contributed by atoms with Gasteiger partial charge in [-0.3, -0.25) is 4.68 Å². The zero-order chi connectivity index (χ0) is 15.2. The van der Waals surface area contributed by atoms with Crippen LogP contribution < -0.4 is 4.90 Å². The highest BCUT2D eigenvalue weighted by Gasteiger charge is 2.36. The van der Waals surface area contributed by atoms with Crippen LogP contribution in [0.3, 0.4) is 0 Å². The van der Waals surface area contributed by atoms with Crippen molar-refractivity contribution in [2.75, 3.05) is 18.0 Å². The van der Waals surface area contributed by atoms with Crippen molar-refractivity contribution in [1.29, 1.82) is 0 Å². The van der Waals surface area contributed by atoms with Gasteiger partial charge in [0.25, 0.3) is 0 Å². The maximum Gasteiger partial charge on any atom is 0.142 e. The lowest BCUT2D eigenvalue weighted by Crippen LogP contribution is -2.44. The van der Waals surface area contributed by atoms with Crippen LogP contribution in [-0.4, -0.2) is 42.9 Å². The Hall–Kier alpha value is -2.41. The number of aryl methyl sites for hydroxylation is 1. The summed E-state index contributed by atoms with van der Waals surface area (Å²) in [5.41, 5.74) is 0.908. The molecule has 0 aliphatic carbocycles. The summed E-state index contributed by atoms with van der Waals surface area (Å²) in [6.07, 6.45) is 6.49. The van der Waals surface area contributed by atoms with Gasteiger partial charge in [-0.1, -0.05) is 0 Å². The number of hydrogen-bond acceptors (Lipinski definition) is 5. The minimum absolute atomic E-state index is 0.655. The molecule has 4 rings (SSSR count). The number of aliphatic hydroxyl groups is 1. The Kier molecular flexibility index (Phi) is 2.90. The summed E-state index contributed by atoms with van der Waals surface area (Å²) in [7, 11) is 1.87. The maximum atomic E-state index is 10.9. The van der Waals surface area contributed by atoms with Crippen LogP contribution in [0.4, 0.5) is 5.82 Å². The van der Waals surface area contributed by atoms with E-state index in [2.05, 4.69) is 25.0 Å². The lowest BCUT2D eigenvalue weighted by Gasteiger charge is -2.38. The van der Waals surface area contributed by atoms with E-state index < -0.39 is 5.60 Å². The van der Waals surface area contributed by atoms with E-state index in [0.29, 0.717) is 12.8 Å². The van der Waals surface area contributed by atoms with Gasteiger partial charge in [-0.05, 0) is 25.0 Å². The topological polar surface area (TPSA) is 82.9 Å². The zero-order valence-corrected chi connectivity index (χ0v) is 12.4. The van der Waals surface area contributed by atoms with Crippen LogP contribution in [-0.2, 0) is 12.6 Å². The molecule has 0 aromatic carbocycles. The van der Waals surface area contributed by atoms with Gasteiger partial charge in [0.15, 0.2) is 0 Å². The average Bonchev–Trinajstić information content (AvgIpc) is 3.16. The second-order valence-electron chi connectivity index (χ2n) is 5.80. The van der Waals surface area contributed by atoms with E-state index in [1.165, 1.54) is 0 Å². The molecule has 0 bridgehead atoms. The van der Waals surface area contributed by atoms with Crippen molar-refractivity contribution in [3.63, 3.8) is 0 Å². The number of anilines is 1. The van der Waals surface area contributed by atoms with Gasteiger partial charge in [0, 0.05) is 32.5 Å². The van der Waals surface area contributed by atoms with Gasteiger partial charge in [-0.15, -0.1) is 0 Å². The summed E-state index contributed by atoms with van der Waals surface area (Å²) in [6.45, 7) is 1.50. The van der Waals surface area contributed by atoms with Gasteiger partial charge in [0.05, 0.1) is 11.1 Å². The number of aromatic amines is 1. The summed E-state index contributed by atoms with van der Waals surface area (Å²) >= 11 is 0. The van der Waals surface area contributed by atoms with Crippen molar-refractivity contribution < 1.29 is 5.11 Å². The first-order valence-electron chi connectivity index (χ1n) is 7.41. The van der Waals surface area contributed by atoms with Gasteiger partial charge in [0.1, 0.15) is 23.4 Å². The molecule has 0 saturated carbocycles. The van der Waals surface area contributed by atoms with E-state index in [4.69, 9.17) is 0 Å². The van der Waals surface area contributed by atoms with Gasteiger partial charge >= 0.3 is 0 Å². The van der Waals surface area contributed by atoms with E-state index in [9.17, 15) is 5.11 Å². The van der Waals surface area contributed by atoms with Crippen LogP contribution in [0.5, 0.6) is 0 Å². The number of aromatic nitrogens is 5. The quantitative estimate of drug-likeness (QED) is 0.742. The summed E-state index contributed by atoms with van der Waals surface area (Å²) < 4.78 is 1.75. The molecule has 1 aliphatic rings. The largest absolute Gasteiger partial charge is 0.383 e. The molecule has 1 saturated heterocycles. The smallest absolute Gasteiger partial charge is 0.142 e. The normalized spacial score (nSPS) is 18.0. The Morgan fingerprint density at radius 2 is 2.05 bits per heavy atom. The molecular formula is C15H18N6O. The monoisotopic (exact) mass is 298 g/mol. The highest BCUT2D eigenvalue weighted by molar-refractivity contribution is 5.87. The van der Waals surface area contributed by atoms with Crippen LogP contribution >= 0.6 is 0 Å². The maximum absolute atomic E-state index is 10.9. The molecule has 0 atom stereocenters. The lowest BCUT2D eigenvalue weighted by molar-refractivity contribution is 0.00407. The van der Waals surface area contributed by atoms with Crippen molar-refractivity contribution in [2.24, 2.45) is 7.05 Å². The Morgan fingerprint density at radius 1 is 1.23 bits per heavy atom.